The summed E-state index contributed by atoms with van der Waals surface area (Å²) in [6.45, 7) is 3.10. The number of piperidine rings is 2. The van der Waals surface area contributed by atoms with Crippen molar-refractivity contribution in [2.45, 2.75) is 31.7 Å². The number of nitrogens with zero attached hydrogens (tertiary/aromatic N) is 1. The Hall–Kier alpha value is -1.99. The Labute approximate surface area is 164 Å². The normalized spacial score (nSPS) is 21.0. The number of hydrogen-bond acceptors (Lipinski definition) is 5. The third-order valence-electron chi connectivity index (χ3n) is 5.35. The van der Waals surface area contributed by atoms with E-state index in [0.717, 1.165) is 38.8 Å². The molecule has 0 aliphatic carbocycles. The Bertz CT molecular complexity index is 698. The van der Waals surface area contributed by atoms with Gasteiger partial charge in [-0.1, -0.05) is 11.6 Å². The summed E-state index contributed by atoms with van der Waals surface area (Å²) in [5.41, 5.74) is 6.50. The molecule has 1 aromatic rings. The lowest BCUT2D eigenvalue weighted by atomic mass is 9.96. The Balaban J connectivity index is 1.55. The highest BCUT2D eigenvalue weighted by Crippen LogP contribution is 2.29. The number of nitrogen functional groups attached to an aromatic ring is 1. The molecule has 3 rings (SSSR count). The number of ether oxygens (including phenoxy) is 1. The molecule has 0 aromatic heterocycles. The van der Waals surface area contributed by atoms with Crippen LogP contribution in [-0.2, 0) is 4.79 Å². The van der Waals surface area contributed by atoms with Crippen LogP contribution in [0.5, 0.6) is 5.75 Å². The molecule has 1 unspecified atom stereocenters. The number of carbonyl (C=O) groups excluding carboxylic acids is 2. The predicted molar refractivity (Wildman–Crippen MR) is 105 cm³/mol. The molecule has 2 saturated heterocycles. The molecule has 2 heterocycles. The summed E-state index contributed by atoms with van der Waals surface area (Å²) in [6, 6.07) is 3.10. The molecule has 2 aliphatic rings. The number of anilines is 1. The number of nitrogens with one attached hydrogen (secondary N) is 2. The van der Waals surface area contributed by atoms with Crippen molar-refractivity contribution < 1.29 is 14.3 Å². The maximum atomic E-state index is 12.6. The molecule has 4 N–H and O–H groups in total. The zero-order valence-electron chi connectivity index (χ0n) is 15.6. The van der Waals surface area contributed by atoms with Crippen molar-refractivity contribution in [2.75, 3.05) is 39.0 Å². The number of rotatable bonds is 4. The van der Waals surface area contributed by atoms with Gasteiger partial charge in [-0.25, -0.2) is 0 Å². The molecule has 0 spiro atoms. The van der Waals surface area contributed by atoms with E-state index in [-0.39, 0.29) is 23.8 Å². The van der Waals surface area contributed by atoms with Crippen molar-refractivity contribution in [3.63, 3.8) is 0 Å². The van der Waals surface area contributed by atoms with Crippen LogP contribution < -0.4 is 21.1 Å². The van der Waals surface area contributed by atoms with Gasteiger partial charge in [-0.05, 0) is 38.3 Å². The molecule has 2 aliphatic heterocycles. The van der Waals surface area contributed by atoms with Crippen LogP contribution >= 0.6 is 11.6 Å². The third kappa shape index (κ3) is 4.65. The molecule has 2 fully saturated rings. The van der Waals surface area contributed by atoms with Crippen molar-refractivity contribution in [3.8, 4) is 5.75 Å². The van der Waals surface area contributed by atoms with E-state index < -0.39 is 0 Å². The van der Waals surface area contributed by atoms with E-state index in [1.54, 1.807) is 6.07 Å². The Morgan fingerprint density at radius 3 is 2.67 bits per heavy atom. The van der Waals surface area contributed by atoms with Gasteiger partial charge < -0.3 is 26.0 Å². The minimum Gasteiger partial charge on any atom is -0.496 e. The lowest BCUT2D eigenvalue weighted by molar-refractivity contribution is -0.137. The van der Waals surface area contributed by atoms with Crippen LogP contribution in [0.1, 0.15) is 36.0 Å². The smallest absolute Gasteiger partial charge is 0.255 e. The van der Waals surface area contributed by atoms with E-state index >= 15 is 0 Å². The molecule has 0 saturated carbocycles. The number of benzene rings is 1. The number of carbonyl (C=O) groups is 2. The average Bonchev–Trinajstić information content (AvgIpc) is 2.70. The first-order chi connectivity index (χ1) is 13.0. The molecule has 1 aromatic carbocycles. The molecular formula is C19H27ClN4O3. The summed E-state index contributed by atoms with van der Waals surface area (Å²) >= 11 is 6.05. The number of hydrogen-bond donors (Lipinski definition) is 3. The van der Waals surface area contributed by atoms with Crippen molar-refractivity contribution in [2.24, 2.45) is 5.92 Å². The monoisotopic (exact) mass is 394 g/mol. The Morgan fingerprint density at radius 1 is 1.30 bits per heavy atom. The zero-order valence-corrected chi connectivity index (χ0v) is 16.3. The maximum Gasteiger partial charge on any atom is 0.255 e. The van der Waals surface area contributed by atoms with Gasteiger partial charge in [-0.2, -0.15) is 0 Å². The van der Waals surface area contributed by atoms with Gasteiger partial charge in [0.05, 0.1) is 29.3 Å². The van der Waals surface area contributed by atoms with E-state index in [4.69, 9.17) is 22.1 Å². The average molecular weight is 395 g/mol. The largest absolute Gasteiger partial charge is 0.496 e. The van der Waals surface area contributed by atoms with Gasteiger partial charge in [0.2, 0.25) is 5.91 Å². The number of amides is 2. The topological polar surface area (TPSA) is 96.7 Å². The fraction of sp³-hybridized carbons (Fsp3) is 0.579. The first kappa shape index (κ1) is 19.8. The van der Waals surface area contributed by atoms with Gasteiger partial charge in [0.25, 0.3) is 5.91 Å². The number of halogens is 1. The van der Waals surface area contributed by atoms with E-state index in [0.29, 0.717) is 35.1 Å². The fourth-order valence-corrected chi connectivity index (χ4v) is 3.91. The summed E-state index contributed by atoms with van der Waals surface area (Å²) in [4.78, 5) is 27.2. The van der Waals surface area contributed by atoms with E-state index in [9.17, 15) is 9.59 Å². The Kier molecular flexibility index (Phi) is 6.44. The fourth-order valence-electron chi connectivity index (χ4n) is 3.74. The quantitative estimate of drug-likeness (QED) is 0.675. The van der Waals surface area contributed by atoms with Gasteiger partial charge in [0.15, 0.2) is 0 Å². The van der Waals surface area contributed by atoms with Crippen LogP contribution in [0.15, 0.2) is 12.1 Å². The maximum absolute atomic E-state index is 12.6. The summed E-state index contributed by atoms with van der Waals surface area (Å²) in [5.74, 6) is 0.479. The minimum absolute atomic E-state index is 0.0204. The third-order valence-corrected chi connectivity index (χ3v) is 5.68. The van der Waals surface area contributed by atoms with Crippen LogP contribution in [0.4, 0.5) is 5.69 Å². The molecular weight excluding hydrogens is 368 g/mol. The second kappa shape index (κ2) is 8.80. The first-order valence-electron chi connectivity index (χ1n) is 9.43. The summed E-state index contributed by atoms with van der Waals surface area (Å²) in [5, 5.41) is 6.64. The van der Waals surface area contributed by atoms with Crippen LogP contribution in [0.25, 0.3) is 0 Å². The van der Waals surface area contributed by atoms with E-state index in [2.05, 4.69) is 10.6 Å². The molecule has 8 heteroatoms. The lowest BCUT2D eigenvalue weighted by Crippen LogP contribution is -2.50. The molecule has 0 radical (unpaired) electrons. The van der Waals surface area contributed by atoms with Gasteiger partial charge in [0, 0.05) is 31.7 Å². The van der Waals surface area contributed by atoms with Crippen LogP contribution in [0.2, 0.25) is 5.02 Å². The van der Waals surface area contributed by atoms with Crippen molar-refractivity contribution >= 4 is 29.1 Å². The van der Waals surface area contributed by atoms with Gasteiger partial charge in [0.1, 0.15) is 5.75 Å². The highest BCUT2D eigenvalue weighted by Gasteiger charge is 2.30. The second-order valence-electron chi connectivity index (χ2n) is 7.19. The number of likely N-dealkylation sites (tertiary alicyclic amines) is 1. The van der Waals surface area contributed by atoms with Crippen LogP contribution in [-0.4, -0.2) is 56.0 Å². The summed E-state index contributed by atoms with van der Waals surface area (Å²) in [6.07, 6.45) is 3.49. The SMILES string of the molecule is COc1cc(N)c(Cl)cc1C(=O)NC1CCN(C(=O)C2CCCNC2)CC1. The van der Waals surface area contributed by atoms with Gasteiger partial charge >= 0.3 is 0 Å². The molecule has 1 atom stereocenters. The van der Waals surface area contributed by atoms with E-state index in [1.807, 2.05) is 4.90 Å². The standard InChI is InChI=1S/C19H27ClN4O3/c1-27-17-10-16(21)15(20)9-14(17)18(25)23-13-4-7-24(8-5-13)19(26)12-3-2-6-22-11-12/h9-10,12-13,22H,2-8,11,21H2,1H3,(H,23,25). The highest BCUT2D eigenvalue weighted by atomic mass is 35.5. The summed E-state index contributed by atoms with van der Waals surface area (Å²) in [7, 11) is 1.49. The Morgan fingerprint density at radius 2 is 2.04 bits per heavy atom. The van der Waals surface area contributed by atoms with Gasteiger partial charge in [-0.3, -0.25) is 9.59 Å². The molecule has 148 valence electrons. The second-order valence-corrected chi connectivity index (χ2v) is 7.60. The molecule has 7 nitrogen and oxygen atoms in total. The van der Waals surface area contributed by atoms with E-state index in [1.165, 1.54) is 13.2 Å². The summed E-state index contributed by atoms with van der Waals surface area (Å²) < 4.78 is 5.25. The number of methoxy groups -OCH3 is 1. The van der Waals surface area contributed by atoms with Crippen LogP contribution in [0, 0.1) is 5.92 Å². The van der Waals surface area contributed by atoms with Crippen molar-refractivity contribution in [3.05, 3.63) is 22.7 Å². The number of nitrogens with two attached hydrogens (primary N) is 1. The molecule has 27 heavy (non-hydrogen) atoms. The highest BCUT2D eigenvalue weighted by molar-refractivity contribution is 6.33. The lowest BCUT2D eigenvalue weighted by Gasteiger charge is -2.35. The minimum atomic E-state index is -0.241. The molecule has 2 amide bonds. The van der Waals surface area contributed by atoms with Gasteiger partial charge in [-0.15, -0.1) is 0 Å². The van der Waals surface area contributed by atoms with Crippen LogP contribution in [0.3, 0.4) is 0 Å². The predicted octanol–water partition coefficient (Wildman–Crippen LogP) is 1.65. The van der Waals surface area contributed by atoms with Crippen molar-refractivity contribution in [1.82, 2.24) is 15.5 Å². The molecule has 0 bridgehead atoms. The first-order valence-corrected chi connectivity index (χ1v) is 9.80. The van der Waals surface area contributed by atoms with Crippen molar-refractivity contribution in [1.29, 1.82) is 0 Å². The zero-order chi connectivity index (χ0) is 19.4.